The summed E-state index contributed by atoms with van der Waals surface area (Å²) in [4.78, 5) is 11.0. The molecule has 0 amide bonds. The van der Waals surface area contributed by atoms with Crippen molar-refractivity contribution in [3.63, 3.8) is 0 Å². The summed E-state index contributed by atoms with van der Waals surface area (Å²) in [6.07, 6.45) is 1.39. The van der Waals surface area contributed by atoms with Crippen LogP contribution < -0.4 is 0 Å². The quantitative estimate of drug-likeness (QED) is 0.920. The first kappa shape index (κ1) is 14.0. The molecule has 1 N–H and O–H groups in total. The van der Waals surface area contributed by atoms with E-state index in [1.807, 2.05) is 24.3 Å². The van der Waals surface area contributed by atoms with E-state index in [1.54, 1.807) is 23.5 Å². The topological polar surface area (TPSA) is 55.1 Å². The molecule has 0 saturated carbocycles. The van der Waals surface area contributed by atoms with Crippen molar-refractivity contribution in [3.05, 3.63) is 52.3 Å². The molecule has 2 rings (SSSR count). The van der Waals surface area contributed by atoms with Gasteiger partial charge >= 0.3 is 5.97 Å². The number of nitrogens with zero attached hydrogens (tertiary/aromatic N) is 2. The van der Waals surface area contributed by atoms with Crippen molar-refractivity contribution in [2.75, 3.05) is 0 Å². The van der Waals surface area contributed by atoms with Gasteiger partial charge in [-0.25, -0.2) is 4.79 Å². The molecule has 19 heavy (non-hydrogen) atoms. The Morgan fingerprint density at radius 2 is 2.05 bits per heavy atom. The highest BCUT2D eigenvalue weighted by atomic mass is 35.5. The molecule has 0 saturated heterocycles. The fraction of sp³-hybridized carbons (Fsp3) is 0.231. The molecule has 0 atom stereocenters. The average Bonchev–Trinajstić information content (AvgIpc) is 2.74. The first-order valence-corrected chi connectivity index (χ1v) is 7.17. The fourth-order valence-corrected chi connectivity index (χ4v) is 2.85. The van der Waals surface area contributed by atoms with Gasteiger partial charge in [0.25, 0.3) is 0 Å². The Hall–Kier alpha value is -1.46. The number of carboxylic acid groups (broad SMARTS) is 1. The molecule has 0 fully saturated rings. The largest absolute Gasteiger partial charge is 0.478 e. The van der Waals surface area contributed by atoms with Gasteiger partial charge in [-0.15, -0.1) is 0 Å². The molecule has 1 aromatic heterocycles. The molecule has 0 unspecified atom stereocenters. The number of aromatic carboxylic acids is 1. The Kier molecular flexibility index (Phi) is 4.50. The maximum absolute atomic E-state index is 11.0. The van der Waals surface area contributed by atoms with E-state index in [1.165, 1.54) is 6.20 Å². The Bertz CT molecular complexity index is 581. The summed E-state index contributed by atoms with van der Waals surface area (Å²) >= 11 is 7.47. The van der Waals surface area contributed by atoms with Crippen LogP contribution in [0.3, 0.4) is 0 Å². The van der Waals surface area contributed by atoms with E-state index in [0.717, 1.165) is 17.0 Å². The number of hydrogen-bond donors (Lipinski definition) is 1. The SMILES string of the molecule is Cn1ncc(C(=O)O)c1CSCc1ccc(Cl)cc1. The fourth-order valence-electron chi connectivity index (χ4n) is 1.66. The van der Waals surface area contributed by atoms with Crippen LogP contribution in [-0.4, -0.2) is 20.9 Å². The van der Waals surface area contributed by atoms with Gasteiger partial charge in [0.15, 0.2) is 0 Å². The second-order valence-electron chi connectivity index (χ2n) is 4.05. The van der Waals surface area contributed by atoms with Crippen LogP contribution in [0, 0.1) is 0 Å². The zero-order chi connectivity index (χ0) is 13.8. The number of thioether (sulfide) groups is 1. The summed E-state index contributed by atoms with van der Waals surface area (Å²) in [5.41, 5.74) is 2.16. The van der Waals surface area contributed by atoms with Gasteiger partial charge in [0, 0.05) is 23.6 Å². The molecule has 0 spiro atoms. The Morgan fingerprint density at radius 1 is 1.37 bits per heavy atom. The predicted octanol–water partition coefficient (Wildman–Crippen LogP) is 3.21. The summed E-state index contributed by atoms with van der Waals surface area (Å²) in [5.74, 6) is 0.484. The van der Waals surface area contributed by atoms with Crippen LogP contribution in [0.2, 0.25) is 5.02 Å². The molecule has 0 bridgehead atoms. The zero-order valence-corrected chi connectivity index (χ0v) is 11.9. The minimum atomic E-state index is -0.935. The number of carboxylic acids is 1. The lowest BCUT2D eigenvalue weighted by molar-refractivity contribution is 0.0696. The predicted molar refractivity (Wildman–Crippen MR) is 76.6 cm³/mol. The van der Waals surface area contributed by atoms with Gasteiger partial charge in [-0.1, -0.05) is 23.7 Å². The van der Waals surface area contributed by atoms with Crippen molar-refractivity contribution in [1.82, 2.24) is 9.78 Å². The normalized spacial score (nSPS) is 10.6. The van der Waals surface area contributed by atoms with Gasteiger partial charge in [-0.3, -0.25) is 4.68 Å². The van der Waals surface area contributed by atoms with Crippen molar-refractivity contribution in [3.8, 4) is 0 Å². The highest BCUT2D eigenvalue weighted by molar-refractivity contribution is 7.97. The van der Waals surface area contributed by atoms with E-state index in [0.29, 0.717) is 10.8 Å². The third-order valence-electron chi connectivity index (χ3n) is 2.71. The second-order valence-corrected chi connectivity index (χ2v) is 5.47. The highest BCUT2D eigenvalue weighted by Gasteiger charge is 2.14. The van der Waals surface area contributed by atoms with Crippen LogP contribution in [0.1, 0.15) is 21.6 Å². The van der Waals surface area contributed by atoms with Crippen molar-refractivity contribution in [2.24, 2.45) is 7.05 Å². The van der Waals surface area contributed by atoms with Gasteiger partial charge in [-0.2, -0.15) is 16.9 Å². The smallest absolute Gasteiger partial charge is 0.339 e. The second kappa shape index (κ2) is 6.12. The molecular formula is C13H13ClN2O2S. The van der Waals surface area contributed by atoms with E-state index in [9.17, 15) is 4.79 Å². The lowest BCUT2D eigenvalue weighted by Crippen LogP contribution is -2.03. The highest BCUT2D eigenvalue weighted by Crippen LogP contribution is 2.21. The van der Waals surface area contributed by atoms with Gasteiger partial charge in [-0.05, 0) is 17.7 Å². The number of aryl methyl sites for hydroxylation is 1. The zero-order valence-electron chi connectivity index (χ0n) is 10.3. The summed E-state index contributed by atoms with van der Waals surface area (Å²) in [6.45, 7) is 0. The molecule has 0 radical (unpaired) electrons. The lowest BCUT2D eigenvalue weighted by atomic mass is 10.2. The van der Waals surface area contributed by atoms with Gasteiger partial charge < -0.3 is 5.11 Å². The van der Waals surface area contributed by atoms with Crippen molar-refractivity contribution in [1.29, 1.82) is 0 Å². The van der Waals surface area contributed by atoms with Gasteiger partial charge in [0.05, 0.1) is 11.9 Å². The molecule has 100 valence electrons. The van der Waals surface area contributed by atoms with E-state index >= 15 is 0 Å². The molecule has 1 heterocycles. The van der Waals surface area contributed by atoms with Crippen LogP contribution in [0.25, 0.3) is 0 Å². The van der Waals surface area contributed by atoms with Crippen LogP contribution in [0.4, 0.5) is 0 Å². The van der Waals surface area contributed by atoms with E-state index < -0.39 is 5.97 Å². The number of carbonyl (C=O) groups is 1. The van der Waals surface area contributed by atoms with Crippen molar-refractivity contribution >= 4 is 29.3 Å². The monoisotopic (exact) mass is 296 g/mol. The molecule has 0 aliphatic carbocycles. The van der Waals surface area contributed by atoms with E-state index in [4.69, 9.17) is 16.7 Å². The molecule has 4 nitrogen and oxygen atoms in total. The minimum absolute atomic E-state index is 0.270. The summed E-state index contributed by atoms with van der Waals surface area (Å²) in [5, 5.41) is 13.7. The average molecular weight is 297 g/mol. The van der Waals surface area contributed by atoms with Crippen LogP contribution in [0.5, 0.6) is 0 Å². The number of benzene rings is 1. The van der Waals surface area contributed by atoms with Crippen molar-refractivity contribution in [2.45, 2.75) is 11.5 Å². The molecule has 2 aromatic rings. The Labute approximate surface area is 120 Å². The first-order valence-electron chi connectivity index (χ1n) is 5.64. The van der Waals surface area contributed by atoms with Crippen LogP contribution in [-0.2, 0) is 18.6 Å². The van der Waals surface area contributed by atoms with Gasteiger partial charge in [0.1, 0.15) is 5.56 Å². The maximum atomic E-state index is 11.0. The minimum Gasteiger partial charge on any atom is -0.478 e. The van der Waals surface area contributed by atoms with E-state index in [2.05, 4.69) is 5.10 Å². The summed E-state index contributed by atoms with van der Waals surface area (Å²) in [6, 6.07) is 7.64. The molecule has 6 heteroatoms. The summed E-state index contributed by atoms with van der Waals surface area (Å²) in [7, 11) is 1.75. The van der Waals surface area contributed by atoms with Gasteiger partial charge in [0.2, 0.25) is 0 Å². The third kappa shape index (κ3) is 3.52. The Morgan fingerprint density at radius 3 is 2.68 bits per heavy atom. The molecule has 0 aliphatic heterocycles. The van der Waals surface area contributed by atoms with E-state index in [-0.39, 0.29) is 5.56 Å². The standard InChI is InChI=1S/C13H13ClN2O2S/c1-16-12(11(6-15-16)13(17)18)8-19-7-9-2-4-10(14)5-3-9/h2-6H,7-8H2,1H3,(H,17,18). The lowest BCUT2D eigenvalue weighted by Gasteiger charge is -2.04. The first-order chi connectivity index (χ1) is 9.08. The molecule has 0 aliphatic rings. The molecular weight excluding hydrogens is 284 g/mol. The van der Waals surface area contributed by atoms with Crippen LogP contribution in [0.15, 0.2) is 30.5 Å². The van der Waals surface area contributed by atoms with Crippen LogP contribution >= 0.6 is 23.4 Å². The number of rotatable bonds is 5. The summed E-state index contributed by atoms with van der Waals surface area (Å²) < 4.78 is 1.61. The number of aromatic nitrogens is 2. The van der Waals surface area contributed by atoms with Crippen molar-refractivity contribution < 1.29 is 9.90 Å². The third-order valence-corrected chi connectivity index (χ3v) is 3.98. The molecule has 1 aromatic carbocycles. The Balaban J connectivity index is 1.97. The number of hydrogen-bond acceptors (Lipinski definition) is 3. The number of halogens is 1. The maximum Gasteiger partial charge on any atom is 0.339 e.